The lowest BCUT2D eigenvalue weighted by molar-refractivity contribution is 0.102. The molecule has 0 bridgehead atoms. The van der Waals surface area contributed by atoms with Gasteiger partial charge >= 0.3 is 0 Å². The predicted octanol–water partition coefficient (Wildman–Crippen LogP) is 5.51. The van der Waals surface area contributed by atoms with Crippen molar-refractivity contribution in [1.82, 2.24) is 0 Å². The first kappa shape index (κ1) is 19.7. The van der Waals surface area contributed by atoms with Gasteiger partial charge in [0.25, 0.3) is 5.91 Å². The van der Waals surface area contributed by atoms with Crippen LogP contribution in [-0.2, 0) is 0 Å². The number of halogens is 2. The quantitative estimate of drug-likeness (QED) is 0.469. The summed E-state index contributed by atoms with van der Waals surface area (Å²) in [6, 6.07) is 17.1. The number of fused-ring (bicyclic) bond motifs is 1. The first-order valence-corrected chi connectivity index (χ1v) is 9.32. The van der Waals surface area contributed by atoms with Crippen molar-refractivity contribution < 1.29 is 18.3 Å². The van der Waals surface area contributed by atoms with Crippen molar-refractivity contribution >= 4 is 34.2 Å². The van der Waals surface area contributed by atoms with Crippen LogP contribution in [0.3, 0.4) is 0 Å². The molecule has 0 saturated heterocycles. The van der Waals surface area contributed by atoms with Gasteiger partial charge in [0, 0.05) is 17.3 Å². The lowest BCUT2D eigenvalue weighted by Crippen LogP contribution is -2.14. The summed E-state index contributed by atoms with van der Waals surface area (Å²) in [6.07, 6.45) is 0. The van der Waals surface area contributed by atoms with Crippen molar-refractivity contribution in [3.05, 3.63) is 93.4 Å². The van der Waals surface area contributed by atoms with E-state index in [0.29, 0.717) is 33.7 Å². The van der Waals surface area contributed by atoms with Crippen LogP contribution in [-0.4, -0.2) is 13.0 Å². The van der Waals surface area contributed by atoms with Crippen LogP contribution in [0, 0.1) is 5.82 Å². The van der Waals surface area contributed by atoms with E-state index in [1.54, 1.807) is 42.5 Å². The molecule has 0 saturated carbocycles. The molecule has 3 aromatic carbocycles. The number of amides is 1. The average Bonchev–Trinajstić information content (AvgIpc) is 2.74. The van der Waals surface area contributed by atoms with Crippen LogP contribution in [0.25, 0.3) is 22.3 Å². The van der Waals surface area contributed by atoms with Crippen LogP contribution in [0.5, 0.6) is 5.75 Å². The van der Waals surface area contributed by atoms with E-state index in [2.05, 4.69) is 5.32 Å². The van der Waals surface area contributed by atoms with Crippen molar-refractivity contribution in [2.24, 2.45) is 0 Å². The van der Waals surface area contributed by atoms with Gasteiger partial charge in [0.15, 0.2) is 5.43 Å². The molecular weight excluding hydrogens is 409 g/mol. The third-order valence-corrected chi connectivity index (χ3v) is 4.87. The highest BCUT2D eigenvalue weighted by atomic mass is 35.5. The Balaban J connectivity index is 1.61. The molecule has 0 fully saturated rings. The second-order valence-corrected chi connectivity index (χ2v) is 6.87. The number of hydrogen-bond acceptors (Lipinski definition) is 4. The largest absolute Gasteiger partial charge is 0.497 e. The molecule has 0 unspecified atom stereocenters. The van der Waals surface area contributed by atoms with Crippen molar-refractivity contribution in [3.63, 3.8) is 0 Å². The summed E-state index contributed by atoms with van der Waals surface area (Å²) in [5.74, 6) is -0.409. The Morgan fingerprint density at radius 3 is 2.53 bits per heavy atom. The van der Waals surface area contributed by atoms with Gasteiger partial charge in [0.1, 0.15) is 22.9 Å². The van der Waals surface area contributed by atoms with Crippen LogP contribution in [0.1, 0.15) is 10.4 Å². The van der Waals surface area contributed by atoms with Crippen LogP contribution >= 0.6 is 11.6 Å². The maximum absolute atomic E-state index is 13.9. The molecule has 150 valence electrons. The van der Waals surface area contributed by atoms with E-state index in [-0.39, 0.29) is 16.0 Å². The minimum absolute atomic E-state index is 0.0266. The topological polar surface area (TPSA) is 68.5 Å². The highest BCUT2D eigenvalue weighted by Crippen LogP contribution is 2.26. The molecule has 1 heterocycles. The first-order valence-electron chi connectivity index (χ1n) is 8.94. The van der Waals surface area contributed by atoms with Crippen molar-refractivity contribution in [2.75, 3.05) is 12.4 Å². The normalized spacial score (nSPS) is 10.8. The number of carbonyl (C=O) groups is 1. The van der Waals surface area contributed by atoms with E-state index >= 15 is 0 Å². The fraction of sp³-hybridized carbons (Fsp3) is 0.0435. The summed E-state index contributed by atoms with van der Waals surface area (Å²) in [5.41, 5.74) is 1.10. The van der Waals surface area contributed by atoms with Gasteiger partial charge in [-0.1, -0.05) is 17.7 Å². The van der Waals surface area contributed by atoms with Crippen LogP contribution in [0.2, 0.25) is 5.02 Å². The molecule has 4 rings (SSSR count). The predicted molar refractivity (Wildman–Crippen MR) is 114 cm³/mol. The molecule has 1 amide bonds. The molecule has 0 aliphatic rings. The molecule has 0 atom stereocenters. The van der Waals surface area contributed by atoms with Gasteiger partial charge in [-0.15, -0.1) is 0 Å². The Bertz CT molecular complexity index is 1300. The number of ether oxygens (including phenoxy) is 1. The van der Waals surface area contributed by atoms with Gasteiger partial charge in [-0.25, -0.2) is 4.39 Å². The first-order chi connectivity index (χ1) is 14.5. The molecule has 1 N–H and O–H groups in total. The molecule has 0 aliphatic heterocycles. The fourth-order valence-corrected chi connectivity index (χ4v) is 3.28. The molecule has 7 heteroatoms. The molecule has 0 spiro atoms. The lowest BCUT2D eigenvalue weighted by Gasteiger charge is -2.09. The minimum atomic E-state index is -0.703. The van der Waals surface area contributed by atoms with E-state index < -0.39 is 11.7 Å². The summed E-state index contributed by atoms with van der Waals surface area (Å²) in [6.45, 7) is 0. The SMILES string of the molecule is COc1ccc2oc(-c3ccc(NC(=O)c4c(F)cccc4Cl)cc3)cc(=O)c2c1. The minimum Gasteiger partial charge on any atom is -0.497 e. The third-order valence-electron chi connectivity index (χ3n) is 4.55. The number of rotatable bonds is 4. The van der Waals surface area contributed by atoms with Crippen LogP contribution in [0.15, 0.2) is 75.9 Å². The third kappa shape index (κ3) is 3.77. The number of carbonyl (C=O) groups excluding carboxylic acids is 1. The maximum Gasteiger partial charge on any atom is 0.260 e. The number of methoxy groups -OCH3 is 1. The van der Waals surface area contributed by atoms with Gasteiger partial charge in [-0.2, -0.15) is 0 Å². The van der Waals surface area contributed by atoms with E-state index in [9.17, 15) is 14.0 Å². The van der Waals surface area contributed by atoms with Gasteiger partial charge in [-0.05, 0) is 54.6 Å². The monoisotopic (exact) mass is 423 g/mol. The van der Waals surface area contributed by atoms with Gasteiger partial charge in [-0.3, -0.25) is 9.59 Å². The number of benzene rings is 3. The maximum atomic E-state index is 13.9. The zero-order valence-corrected chi connectivity index (χ0v) is 16.5. The molecule has 1 aromatic heterocycles. The Kier molecular flexibility index (Phi) is 5.25. The van der Waals surface area contributed by atoms with E-state index in [4.69, 9.17) is 20.8 Å². The number of anilines is 1. The Labute approximate surface area is 175 Å². The van der Waals surface area contributed by atoms with Crippen LogP contribution in [0.4, 0.5) is 10.1 Å². The smallest absolute Gasteiger partial charge is 0.260 e. The summed E-state index contributed by atoms with van der Waals surface area (Å²) < 4.78 is 24.9. The zero-order valence-electron chi connectivity index (χ0n) is 15.7. The average molecular weight is 424 g/mol. The summed E-state index contributed by atoms with van der Waals surface area (Å²) in [5, 5.41) is 3.05. The highest BCUT2D eigenvalue weighted by molar-refractivity contribution is 6.34. The fourth-order valence-electron chi connectivity index (χ4n) is 3.03. The lowest BCUT2D eigenvalue weighted by atomic mass is 10.1. The molecule has 0 aliphatic carbocycles. The standard InChI is InChI=1S/C23H15ClFNO4/c1-29-15-9-10-20-16(11-15)19(27)12-21(30-20)13-5-7-14(8-6-13)26-23(28)22-17(24)3-2-4-18(22)25/h2-12H,1H3,(H,26,28). The second-order valence-electron chi connectivity index (χ2n) is 6.47. The zero-order chi connectivity index (χ0) is 21.3. The number of hydrogen-bond donors (Lipinski definition) is 1. The molecule has 4 aromatic rings. The van der Waals surface area contributed by atoms with Crippen molar-refractivity contribution in [2.45, 2.75) is 0 Å². The number of nitrogens with one attached hydrogen (secondary N) is 1. The van der Waals surface area contributed by atoms with Crippen molar-refractivity contribution in [1.29, 1.82) is 0 Å². The molecule has 30 heavy (non-hydrogen) atoms. The van der Waals surface area contributed by atoms with Gasteiger partial charge < -0.3 is 14.5 Å². The molecular formula is C23H15ClFNO4. The highest BCUT2D eigenvalue weighted by Gasteiger charge is 2.16. The summed E-state index contributed by atoms with van der Waals surface area (Å²) >= 11 is 5.93. The molecule has 0 radical (unpaired) electrons. The Hall–Kier alpha value is -3.64. The second kappa shape index (κ2) is 8.00. The van der Waals surface area contributed by atoms with E-state index in [1.807, 2.05) is 0 Å². The van der Waals surface area contributed by atoms with Gasteiger partial charge in [0.2, 0.25) is 0 Å². The summed E-state index contributed by atoms with van der Waals surface area (Å²) in [7, 11) is 1.53. The van der Waals surface area contributed by atoms with Gasteiger partial charge in [0.05, 0.1) is 23.1 Å². The Morgan fingerprint density at radius 2 is 1.83 bits per heavy atom. The van der Waals surface area contributed by atoms with Crippen molar-refractivity contribution in [3.8, 4) is 17.1 Å². The molecule has 5 nitrogen and oxygen atoms in total. The Morgan fingerprint density at radius 1 is 1.07 bits per heavy atom. The van der Waals surface area contributed by atoms with E-state index in [0.717, 1.165) is 0 Å². The van der Waals surface area contributed by atoms with E-state index in [1.165, 1.54) is 31.4 Å². The summed E-state index contributed by atoms with van der Waals surface area (Å²) in [4.78, 5) is 24.8. The van der Waals surface area contributed by atoms with Crippen LogP contribution < -0.4 is 15.5 Å².